The first-order valence-corrected chi connectivity index (χ1v) is 8.98. The van der Waals surface area contributed by atoms with Crippen molar-refractivity contribution in [3.8, 4) is 0 Å². The van der Waals surface area contributed by atoms with Crippen LogP contribution in [0.15, 0.2) is 77.4 Å². The van der Waals surface area contributed by atoms with Crippen LogP contribution in [0.25, 0.3) is 0 Å². The standard InChI is InChI=1S/C22H22N2O3/c1-2-7-19(16-8-4-3-5-9-16)21(25)23-17-11-13-18(14-12-17)24-22(26)20-10-6-15-27-20/h3-6,8-15,19H,2,7H2,1H3,(H,23,25)(H,24,26). The van der Waals surface area contributed by atoms with Crippen LogP contribution >= 0.6 is 0 Å². The van der Waals surface area contributed by atoms with Gasteiger partial charge in [-0.2, -0.15) is 0 Å². The summed E-state index contributed by atoms with van der Waals surface area (Å²) < 4.78 is 5.07. The van der Waals surface area contributed by atoms with Gasteiger partial charge >= 0.3 is 0 Å². The fourth-order valence-electron chi connectivity index (χ4n) is 2.89. The topological polar surface area (TPSA) is 71.3 Å². The van der Waals surface area contributed by atoms with E-state index < -0.39 is 0 Å². The number of rotatable bonds is 7. The normalized spacial score (nSPS) is 11.6. The highest BCUT2D eigenvalue weighted by Gasteiger charge is 2.19. The maximum atomic E-state index is 12.7. The monoisotopic (exact) mass is 362 g/mol. The van der Waals surface area contributed by atoms with E-state index in [1.807, 2.05) is 30.3 Å². The third kappa shape index (κ3) is 4.85. The molecule has 0 radical (unpaired) electrons. The largest absolute Gasteiger partial charge is 0.459 e. The molecule has 0 aliphatic heterocycles. The Morgan fingerprint density at radius 2 is 1.56 bits per heavy atom. The van der Waals surface area contributed by atoms with Crippen LogP contribution in [-0.2, 0) is 4.79 Å². The van der Waals surface area contributed by atoms with Gasteiger partial charge in [0.25, 0.3) is 5.91 Å². The Bertz CT molecular complexity index is 872. The molecule has 0 saturated carbocycles. The first kappa shape index (κ1) is 18.5. The molecule has 2 aromatic carbocycles. The number of hydrogen-bond acceptors (Lipinski definition) is 3. The molecule has 3 rings (SSSR count). The van der Waals surface area contributed by atoms with Gasteiger partial charge in [-0.05, 0) is 48.4 Å². The number of furan rings is 1. The summed E-state index contributed by atoms with van der Waals surface area (Å²) in [5, 5.41) is 5.71. The molecule has 0 fully saturated rings. The molecule has 0 aliphatic rings. The summed E-state index contributed by atoms with van der Waals surface area (Å²) in [5.41, 5.74) is 2.33. The molecule has 3 aromatic rings. The lowest BCUT2D eigenvalue weighted by molar-refractivity contribution is -0.117. The maximum absolute atomic E-state index is 12.7. The first-order chi connectivity index (χ1) is 13.2. The lowest BCUT2D eigenvalue weighted by Gasteiger charge is -2.17. The zero-order chi connectivity index (χ0) is 19.1. The summed E-state index contributed by atoms with van der Waals surface area (Å²) in [5.74, 6) is -0.286. The molecule has 1 heterocycles. The highest BCUT2D eigenvalue weighted by Crippen LogP contribution is 2.24. The van der Waals surface area contributed by atoms with E-state index in [9.17, 15) is 9.59 Å². The number of amides is 2. The number of carbonyl (C=O) groups excluding carboxylic acids is 2. The molecule has 2 amide bonds. The van der Waals surface area contributed by atoms with E-state index in [0.717, 1.165) is 18.4 Å². The zero-order valence-electron chi connectivity index (χ0n) is 15.1. The Morgan fingerprint density at radius 1 is 0.889 bits per heavy atom. The van der Waals surface area contributed by atoms with Crippen LogP contribution in [0.2, 0.25) is 0 Å². The highest BCUT2D eigenvalue weighted by atomic mass is 16.3. The minimum Gasteiger partial charge on any atom is -0.459 e. The summed E-state index contributed by atoms with van der Waals surface area (Å²) in [7, 11) is 0. The maximum Gasteiger partial charge on any atom is 0.291 e. The van der Waals surface area contributed by atoms with E-state index in [1.165, 1.54) is 6.26 Å². The van der Waals surface area contributed by atoms with Crippen LogP contribution in [0, 0.1) is 0 Å². The summed E-state index contributed by atoms with van der Waals surface area (Å²) in [6, 6.07) is 20.1. The molecule has 0 aliphatic carbocycles. The molecular formula is C22H22N2O3. The number of carbonyl (C=O) groups is 2. The molecule has 0 bridgehead atoms. The van der Waals surface area contributed by atoms with Gasteiger partial charge in [0.15, 0.2) is 5.76 Å². The summed E-state index contributed by atoms with van der Waals surface area (Å²) in [6.07, 6.45) is 3.16. The van der Waals surface area contributed by atoms with E-state index >= 15 is 0 Å². The van der Waals surface area contributed by atoms with Crippen molar-refractivity contribution in [2.45, 2.75) is 25.7 Å². The quantitative estimate of drug-likeness (QED) is 0.617. The number of hydrogen-bond donors (Lipinski definition) is 2. The summed E-state index contributed by atoms with van der Waals surface area (Å²) in [6.45, 7) is 2.07. The molecule has 5 heteroatoms. The fraction of sp³-hybridized carbons (Fsp3) is 0.182. The van der Waals surface area contributed by atoms with Crippen molar-refractivity contribution in [1.82, 2.24) is 0 Å². The van der Waals surface area contributed by atoms with Gasteiger partial charge in [-0.25, -0.2) is 0 Å². The van der Waals surface area contributed by atoms with E-state index in [-0.39, 0.29) is 23.5 Å². The Labute approximate surface area is 158 Å². The van der Waals surface area contributed by atoms with Gasteiger partial charge < -0.3 is 15.1 Å². The van der Waals surface area contributed by atoms with E-state index in [4.69, 9.17) is 4.42 Å². The van der Waals surface area contributed by atoms with E-state index in [2.05, 4.69) is 17.6 Å². The van der Waals surface area contributed by atoms with Crippen molar-refractivity contribution in [2.75, 3.05) is 10.6 Å². The lowest BCUT2D eigenvalue weighted by atomic mass is 9.93. The lowest BCUT2D eigenvalue weighted by Crippen LogP contribution is -2.21. The Morgan fingerprint density at radius 3 is 2.15 bits per heavy atom. The Hall–Kier alpha value is -3.34. The predicted octanol–water partition coefficient (Wildman–Crippen LogP) is 5.05. The number of benzene rings is 2. The molecule has 27 heavy (non-hydrogen) atoms. The second kappa shape index (κ2) is 8.85. The van der Waals surface area contributed by atoms with Crippen LogP contribution in [0.3, 0.4) is 0 Å². The summed E-state index contributed by atoms with van der Waals surface area (Å²) >= 11 is 0. The van der Waals surface area contributed by atoms with E-state index in [1.54, 1.807) is 36.4 Å². The van der Waals surface area contributed by atoms with Crippen molar-refractivity contribution < 1.29 is 14.0 Å². The van der Waals surface area contributed by atoms with Gasteiger partial charge in [-0.15, -0.1) is 0 Å². The minimum absolute atomic E-state index is 0.0320. The molecule has 1 unspecified atom stereocenters. The van der Waals surface area contributed by atoms with Crippen LogP contribution < -0.4 is 10.6 Å². The zero-order valence-corrected chi connectivity index (χ0v) is 15.1. The number of anilines is 2. The van der Waals surface area contributed by atoms with Crippen molar-refractivity contribution >= 4 is 23.2 Å². The smallest absolute Gasteiger partial charge is 0.291 e. The van der Waals surface area contributed by atoms with Crippen LogP contribution in [-0.4, -0.2) is 11.8 Å². The molecule has 138 valence electrons. The van der Waals surface area contributed by atoms with E-state index in [0.29, 0.717) is 11.4 Å². The van der Waals surface area contributed by atoms with Gasteiger partial charge in [0.2, 0.25) is 5.91 Å². The Balaban J connectivity index is 1.64. The van der Waals surface area contributed by atoms with Crippen LogP contribution in [0.5, 0.6) is 0 Å². The number of nitrogens with one attached hydrogen (secondary N) is 2. The van der Waals surface area contributed by atoms with Crippen LogP contribution in [0.1, 0.15) is 41.8 Å². The molecule has 1 atom stereocenters. The second-order valence-electron chi connectivity index (χ2n) is 6.25. The average Bonchev–Trinajstić information content (AvgIpc) is 3.23. The average molecular weight is 362 g/mol. The molecule has 0 spiro atoms. The molecular weight excluding hydrogens is 340 g/mol. The Kier molecular flexibility index (Phi) is 6.05. The van der Waals surface area contributed by atoms with Crippen molar-refractivity contribution in [3.63, 3.8) is 0 Å². The van der Waals surface area contributed by atoms with Gasteiger partial charge in [0.1, 0.15) is 0 Å². The second-order valence-corrected chi connectivity index (χ2v) is 6.25. The van der Waals surface area contributed by atoms with Gasteiger partial charge in [0, 0.05) is 11.4 Å². The first-order valence-electron chi connectivity index (χ1n) is 8.98. The fourth-order valence-corrected chi connectivity index (χ4v) is 2.89. The van der Waals surface area contributed by atoms with Gasteiger partial charge in [-0.1, -0.05) is 43.7 Å². The summed E-state index contributed by atoms with van der Waals surface area (Å²) in [4.78, 5) is 24.7. The van der Waals surface area contributed by atoms with Crippen molar-refractivity contribution in [2.24, 2.45) is 0 Å². The molecule has 1 aromatic heterocycles. The predicted molar refractivity (Wildman–Crippen MR) is 106 cm³/mol. The SMILES string of the molecule is CCCC(C(=O)Nc1ccc(NC(=O)c2ccco2)cc1)c1ccccc1. The third-order valence-corrected chi connectivity index (χ3v) is 4.25. The molecule has 2 N–H and O–H groups in total. The molecule has 5 nitrogen and oxygen atoms in total. The minimum atomic E-state index is -0.316. The van der Waals surface area contributed by atoms with Gasteiger partial charge in [0.05, 0.1) is 12.2 Å². The molecule has 0 saturated heterocycles. The highest BCUT2D eigenvalue weighted by molar-refractivity contribution is 6.02. The van der Waals surface area contributed by atoms with Crippen LogP contribution in [0.4, 0.5) is 11.4 Å². The third-order valence-electron chi connectivity index (χ3n) is 4.25. The van der Waals surface area contributed by atoms with Crippen molar-refractivity contribution in [1.29, 1.82) is 0 Å². The van der Waals surface area contributed by atoms with Crippen molar-refractivity contribution in [3.05, 3.63) is 84.3 Å². The van der Waals surface area contributed by atoms with Gasteiger partial charge in [-0.3, -0.25) is 9.59 Å².